The molecule has 26 heavy (non-hydrogen) atoms. The van der Waals surface area contributed by atoms with E-state index in [1.807, 2.05) is 12.1 Å². The summed E-state index contributed by atoms with van der Waals surface area (Å²) in [5.74, 6) is 1.42. The highest BCUT2D eigenvalue weighted by Gasteiger charge is 2.29. The number of piperidine rings is 1. The first-order valence-electron chi connectivity index (χ1n) is 9.91. The monoisotopic (exact) mass is 398 g/mol. The number of carbonyl (C=O) groups is 1. The third-order valence-corrected chi connectivity index (χ3v) is 6.22. The van der Waals surface area contributed by atoms with Crippen molar-refractivity contribution in [3.8, 4) is 0 Å². The van der Waals surface area contributed by atoms with Crippen molar-refractivity contribution in [1.29, 1.82) is 0 Å². The average molecular weight is 399 g/mol. The van der Waals surface area contributed by atoms with Crippen molar-refractivity contribution in [2.24, 2.45) is 11.8 Å². The van der Waals surface area contributed by atoms with E-state index in [1.54, 1.807) is 0 Å². The Kier molecular flexibility index (Phi) is 8.72. The van der Waals surface area contributed by atoms with Crippen LogP contribution < -0.4 is 5.32 Å². The molecule has 3 unspecified atom stereocenters. The molecule has 1 N–H and O–H groups in total. The molecule has 3 rings (SSSR count). The fraction of sp³-hybridized carbons (Fsp3) is 0.667. The lowest BCUT2D eigenvalue weighted by atomic mass is 9.85. The second-order valence-electron chi connectivity index (χ2n) is 7.79. The van der Waals surface area contributed by atoms with E-state index in [1.165, 1.54) is 31.2 Å². The molecule has 0 saturated carbocycles. The van der Waals surface area contributed by atoms with Gasteiger partial charge in [-0.25, -0.2) is 0 Å². The average Bonchev–Trinajstić information content (AvgIpc) is 2.89. The summed E-state index contributed by atoms with van der Waals surface area (Å²) < 4.78 is 0. The van der Waals surface area contributed by atoms with E-state index in [4.69, 9.17) is 11.6 Å². The molecule has 0 radical (unpaired) electrons. The molecule has 2 fully saturated rings. The number of nitrogens with one attached hydrogen (secondary N) is 1. The topological polar surface area (TPSA) is 32.3 Å². The summed E-state index contributed by atoms with van der Waals surface area (Å²) >= 11 is 6.05. The molecule has 2 heterocycles. The summed E-state index contributed by atoms with van der Waals surface area (Å²) in [4.78, 5) is 15.3. The van der Waals surface area contributed by atoms with Gasteiger partial charge >= 0.3 is 0 Å². The Bertz CT molecular complexity index is 558. The van der Waals surface area contributed by atoms with Crippen molar-refractivity contribution in [3.63, 3.8) is 0 Å². The highest BCUT2D eigenvalue weighted by Crippen LogP contribution is 2.33. The van der Waals surface area contributed by atoms with Crippen LogP contribution in [0, 0.1) is 11.8 Å². The molecule has 146 valence electrons. The van der Waals surface area contributed by atoms with Crippen LogP contribution in [-0.2, 0) is 4.79 Å². The van der Waals surface area contributed by atoms with Gasteiger partial charge in [0.2, 0.25) is 5.91 Å². The Labute approximate surface area is 169 Å². The molecule has 1 aromatic rings. The lowest BCUT2D eigenvalue weighted by molar-refractivity contribution is -0.135. The van der Waals surface area contributed by atoms with E-state index in [0.29, 0.717) is 24.2 Å². The number of hydrogen-bond donors (Lipinski definition) is 1. The molecule has 3 nitrogen and oxygen atoms in total. The highest BCUT2D eigenvalue weighted by atomic mass is 35.5. The van der Waals surface area contributed by atoms with E-state index >= 15 is 0 Å². The van der Waals surface area contributed by atoms with Gasteiger partial charge in [0, 0.05) is 18.0 Å². The maximum Gasteiger partial charge on any atom is 0.223 e. The molecule has 0 aliphatic carbocycles. The SMILES string of the molecule is CC(CC(=O)N1CCCCCC1c1ccc(Cl)cc1)C1CCCNC1.Cl. The molecule has 0 aromatic heterocycles. The maximum absolute atomic E-state index is 13.1. The summed E-state index contributed by atoms with van der Waals surface area (Å²) in [5, 5.41) is 4.24. The second kappa shape index (κ2) is 10.5. The summed E-state index contributed by atoms with van der Waals surface area (Å²) in [7, 11) is 0. The Hall–Kier alpha value is -0.770. The van der Waals surface area contributed by atoms with E-state index in [-0.39, 0.29) is 18.4 Å². The van der Waals surface area contributed by atoms with Gasteiger partial charge in [-0.3, -0.25) is 4.79 Å². The van der Waals surface area contributed by atoms with Gasteiger partial charge in [0.05, 0.1) is 6.04 Å². The summed E-state index contributed by atoms with van der Waals surface area (Å²) in [6.07, 6.45) is 7.76. The van der Waals surface area contributed by atoms with E-state index in [2.05, 4.69) is 29.3 Å². The maximum atomic E-state index is 13.1. The van der Waals surface area contributed by atoms with E-state index in [9.17, 15) is 4.79 Å². The molecule has 1 amide bonds. The van der Waals surface area contributed by atoms with Crippen LogP contribution in [-0.4, -0.2) is 30.4 Å². The zero-order valence-electron chi connectivity index (χ0n) is 15.8. The van der Waals surface area contributed by atoms with Crippen molar-refractivity contribution in [2.75, 3.05) is 19.6 Å². The van der Waals surface area contributed by atoms with Crippen LogP contribution in [0.4, 0.5) is 0 Å². The number of likely N-dealkylation sites (tertiary alicyclic amines) is 1. The zero-order chi connectivity index (χ0) is 17.6. The van der Waals surface area contributed by atoms with Crippen LogP contribution in [0.1, 0.15) is 63.5 Å². The van der Waals surface area contributed by atoms with Crippen LogP contribution in [0.5, 0.6) is 0 Å². The standard InChI is InChI=1S/C21H31ClN2O.ClH/c1-16(18-6-5-12-23-15-18)14-21(25)24-13-4-2-3-7-20(24)17-8-10-19(22)11-9-17;/h8-11,16,18,20,23H,2-7,12-15H2,1H3;1H. The zero-order valence-corrected chi connectivity index (χ0v) is 17.3. The first kappa shape index (κ1) is 21.5. The number of halogens is 2. The Balaban J connectivity index is 0.00000243. The van der Waals surface area contributed by atoms with Crippen molar-refractivity contribution in [2.45, 2.75) is 57.9 Å². The predicted molar refractivity (Wildman–Crippen MR) is 111 cm³/mol. The molecule has 5 heteroatoms. The van der Waals surface area contributed by atoms with Gasteiger partial charge in [-0.05, 0) is 68.3 Å². The second-order valence-corrected chi connectivity index (χ2v) is 8.23. The van der Waals surface area contributed by atoms with Gasteiger partial charge in [0.15, 0.2) is 0 Å². The third-order valence-electron chi connectivity index (χ3n) is 5.96. The van der Waals surface area contributed by atoms with Gasteiger partial charge < -0.3 is 10.2 Å². The van der Waals surface area contributed by atoms with Crippen molar-refractivity contribution >= 4 is 29.9 Å². The fourth-order valence-corrected chi connectivity index (χ4v) is 4.49. The van der Waals surface area contributed by atoms with Gasteiger partial charge in [-0.2, -0.15) is 0 Å². The van der Waals surface area contributed by atoms with Gasteiger partial charge in [-0.1, -0.05) is 43.5 Å². The Morgan fingerprint density at radius 2 is 1.96 bits per heavy atom. The Morgan fingerprint density at radius 3 is 2.65 bits per heavy atom. The van der Waals surface area contributed by atoms with Crippen LogP contribution in [0.2, 0.25) is 5.02 Å². The van der Waals surface area contributed by atoms with Gasteiger partial charge in [-0.15, -0.1) is 12.4 Å². The number of amides is 1. The molecular weight excluding hydrogens is 367 g/mol. The van der Waals surface area contributed by atoms with E-state index in [0.717, 1.165) is 37.5 Å². The smallest absolute Gasteiger partial charge is 0.223 e. The molecule has 3 atom stereocenters. The van der Waals surface area contributed by atoms with Crippen molar-refractivity contribution in [3.05, 3.63) is 34.9 Å². The fourth-order valence-electron chi connectivity index (χ4n) is 4.36. The predicted octanol–water partition coefficient (Wildman–Crippen LogP) is 5.23. The van der Waals surface area contributed by atoms with Crippen LogP contribution in [0.25, 0.3) is 0 Å². The molecular formula is C21H32Cl2N2O. The minimum atomic E-state index is 0. The summed E-state index contributed by atoms with van der Waals surface area (Å²) in [6, 6.07) is 8.28. The quantitative estimate of drug-likeness (QED) is 0.752. The molecule has 2 aliphatic heterocycles. The number of carbonyl (C=O) groups excluding carboxylic acids is 1. The third kappa shape index (κ3) is 5.61. The lowest BCUT2D eigenvalue weighted by Crippen LogP contribution is -2.38. The number of nitrogens with zero attached hydrogens (tertiary/aromatic N) is 1. The number of hydrogen-bond acceptors (Lipinski definition) is 2. The van der Waals surface area contributed by atoms with Crippen LogP contribution in [0.3, 0.4) is 0 Å². The molecule has 1 aromatic carbocycles. The molecule has 0 bridgehead atoms. The first-order chi connectivity index (χ1) is 12.1. The van der Waals surface area contributed by atoms with Gasteiger partial charge in [0.1, 0.15) is 0 Å². The van der Waals surface area contributed by atoms with E-state index < -0.39 is 0 Å². The number of benzene rings is 1. The first-order valence-corrected chi connectivity index (χ1v) is 10.3. The minimum absolute atomic E-state index is 0. The Morgan fingerprint density at radius 1 is 1.19 bits per heavy atom. The normalized spacial score (nSPS) is 25.1. The highest BCUT2D eigenvalue weighted by molar-refractivity contribution is 6.30. The lowest BCUT2D eigenvalue weighted by Gasteiger charge is -2.33. The largest absolute Gasteiger partial charge is 0.336 e. The molecule has 2 saturated heterocycles. The molecule has 0 spiro atoms. The van der Waals surface area contributed by atoms with Crippen molar-refractivity contribution < 1.29 is 4.79 Å². The van der Waals surface area contributed by atoms with Crippen LogP contribution in [0.15, 0.2) is 24.3 Å². The van der Waals surface area contributed by atoms with Crippen molar-refractivity contribution in [1.82, 2.24) is 10.2 Å². The van der Waals surface area contributed by atoms with Gasteiger partial charge in [0.25, 0.3) is 0 Å². The summed E-state index contributed by atoms with van der Waals surface area (Å²) in [5.41, 5.74) is 1.23. The minimum Gasteiger partial charge on any atom is -0.336 e. The molecule has 2 aliphatic rings. The summed E-state index contributed by atoms with van der Waals surface area (Å²) in [6.45, 7) is 5.34. The number of rotatable bonds is 4. The van der Waals surface area contributed by atoms with Crippen LogP contribution >= 0.6 is 24.0 Å².